The molecule has 2 nitrogen and oxygen atoms in total. The lowest BCUT2D eigenvalue weighted by Gasteiger charge is -2.30. The molecule has 1 unspecified atom stereocenters. The molecule has 0 saturated heterocycles. The minimum absolute atomic E-state index is 0.408. The molecule has 1 aromatic heterocycles. The predicted octanol–water partition coefficient (Wildman–Crippen LogP) is 8.08. The number of pyridine rings is 1. The molecule has 1 atom stereocenters. The molecule has 0 fully saturated rings. The van der Waals surface area contributed by atoms with Crippen LogP contribution in [-0.2, 0) is 12.8 Å². The van der Waals surface area contributed by atoms with Crippen LogP contribution in [0.4, 0.5) is 0 Å². The first kappa shape index (κ1) is 22.5. The molecule has 2 aromatic carbocycles. The van der Waals surface area contributed by atoms with Crippen molar-refractivity contribution in [3.05, 3.63) is 136 Å². The summed E-state index contributed by atoms with van der Waals surface area (Å²) in [5, 5.41) is 3.20. The van der Waals surface area contributed by atoms with Crippen molar-refractivity contribution in [1.82, 2.24) is 10.3 Å². The third-order valence-corrected chi connectivity index (χ3v) is 7.60. The second-order valence-electron chi connectivity index (χ2n) is 10.1. The quantitative estimate of drug-likeness (QED) is 0.411. The molecule has 3 heterocycles. The van der Waals surface area contributed by atoms with Gasteiger partial charge in [-0.2, -0.15) is 0 Å². The SMILES string of the molecule is C1=CC2=CC=C(CC2)N1.Cc1ccc2c(c1)-c1ccc3c(c1CC2/C=C/c1cccnc1)CCC=C3. The van der Waals surface area contributed by atoms with Crippen LogP contribution in [0.5, 0.6) is 0 Å². The molecule has 36 heavy (non-hydrogen) atoms. The molecule has 3 aliphatic carbocycles. The second-order valence-corrected chi connectivity index (χ2v) is 10.1. The minimum atomic E-state index is 0.408. The normalized spacial score (nSPS) is 18.6. The third-order valence-electron chi connectivity index (χ3n) is 7.60. The van der Waals surface area contributed by atoms with Crippen LogP contribution in [0.3, 0.4) is 0 Å². The summed E-state index contributed by atoms with van der Waals surface area (Å²) in [7, 11) is 0. The highest BCUT2D eigenvalue weighted by Crippen LogP contribution is 2.44. The van der Waals surface area contributed by atoms with Gasteiger partial charge in [0.05, 0.1) is 0 Å². The lowest BCUT2D eigenvalue weighted by atomic mass is 9.74. The summed E-state index contributed by atoms with van der Waals surface area (Å²) < 4.78 is 0. The van der Waals surface area contributed by atoms with E-state index < -0.39 is 0 Å². The van der Waals surface area contributed by atoms with Gasteiger partial charge in [0, 0.05) is 30.2 Å². The Bertz CT molecular complexity index is 1430. The first-order valence-electron chi connectivity index (χ1n) is 13.1. The highest BCUT2D eigenvalue weighted by atomic mass is 14.9. The van der Waals surface area contributed by atoms with Crippen LogP contribution in [-0.4, -0.2) is 4.98 Å². The van der Waals surface area contributed by atoms with Crippen molar-refractivity contribution in [3.63, 3.8) is 0 Å². The minimum Gasteiger partial charge on any atom is -0.365 e. The topological polar surface area (TPSA) is 24.9 Å². The van der Waals surface area contributed by atoms with Crippen molar-refractivity contribution in [1.29, 1.82) is 0 Å². The Morgan fingerprint density at radius 3 is 2.78 bits per heavy atom. The highest BCUT2D eigenvalue weighted by molar-refractivity contribution is 5.79. The van der Waals surface area contributed by atoms with E-state index >= 15 is 0 Å². The fraction of sp³-hybridized carbons (Fsp3) is 0.206. The summed E-state index contributed by atoms with van der Waals surface area (Å²) in [5.41, 5.74) is 14.1. The summed E-state index contributed by atoms with van der Waals surface area (Å²) in [6.07, 6.45) is 27.2. The Morgan fingerprint density at radius 1 is 0.944 bits per heavy atom. The van der Waals surface area contributed by atoms with E-state index in [2.05, 4.69) is 96.2 Å². The molecule has 2 heteroatoms. The molecule has 0 amide bonds. The van der Waals surface area contributed by atoms with Crippen LogP contribution in [0, 0.1) is 6.92 Å². The van der Waals surface area contributed by atoms with Crippen LogP contribution in [0.25, 0.3) is 23.3 Å². The van der Waals surface area contributed by atoms with Crippen molar-refractivity contribution < 1.29 is 0 Å². The Kier molecular flexibility index (Phi) is 6.26. The van der Waals surface area contributed by atoms with Gasteiger partial charge in [-0.25, -0.2) is 0 Å². The van der Waals surface area contributed by atoms with Crippen LogP contribution in [0.1, 0.15) is 58.6 Å². The van der Waals surface area contributed by atoms with Gasteiger partial charge in [0.2, 0.25) is 0 Å². The molecule has 0 saturated carbocycles. The lowest BCUT2D eigenvalue weighted by Crippen LogP contribution is -2.13. The van der Waals surface area contributed by atoms with Gasteiger partial charge in [0.25, 0.3) is 0 Å². The number of aryl methyl sites for hydroxylation is 1. The molecule has 1 N–H and O–H groups in total. The molecule has 8 rings (SSSR count). The number of nitrogens with one attached hydrogen (secondary N) is 1. The fourth-order valence-corrected chi connectivity index (χ4v) is 5.68. The van der Waals surface area contributed by atoms with Crippen molar-refractivity contribution in [3.8, 4) is 11.1 Å². The molecular formula is C34H32N2. The number of benzene rings is 2. The Labute approximate surface area is 214 Å². The lowest BCUT2D eigenvalue weighted by molar-refractivity contribution is 0.805. The number of hydrogen-bond acceptors (Lipinski definition) is 2. The number of nitrogens with zero attached hydrogens (tertiary/aromatic N) is 1. The fourth-order valence-electron chi connectivity index (χ4n) is 5.68. The number of aromatic nitrogens is 1. The Morgan fingerprint density at radius 2 is 1.92 bits per heavy atom. The average molecular weight is 469 g/mol. The van der Waals surface area contributed by atoms with E-state index in [4.69, 9.17) is 0 Å². The van der Waals surface area contributed by atoms with Gasteiger partial charge in [-0.3, -0.25) is 4.98 Å². The van der Waals surface area contributed by atoms with E-state index in [1.807, 2.05) is 24.7 Å². The predicted molar refractivity (Wildman–Crippen MR) is 151 cm³/mol. The molecular weight excluding hydrogens is 436 g/mol. The van der Waals surface area contributed by atoms with Gasteiger partial charge in [0.15, 0.2) is 0 Å². The number of rotatable bonds is 2. The molecule has 2 aliphatic heterocycles. The summed E-state index contributed by atoms with van der Waals surface area (Å²) in [5.74, 6) is 0.408. The smallest absolute Gasteiger partial charge is 0.0340 e. The van der Waals surface area contributed by atoms with Gasteiger partial charge in [-0.15, -0.1) is 0 Å². The largest absolute Gasteiger partial charge is 0.365 e. The van der Waals surface area contributed by atoms with E-state index in [1.54, 1.807) is 11.1 Å². The summed E-state index contributed by atoms with van der Waals surface area (Å²) in [6, 6.07) is 15.7. The van der Waals surface area contributed by atoms with E-state index in [0.717, 1.165) is 24.8 Å². The maximum Gasteiger partial charge on any atom is 0.0340 e. The Hall–Kier alpha value is -3.91. The zero-order valence-corrected chi connectivity index (χ0v) is 20.9. The van der Waals surface area contributed by atoms with Crippen LogP contribution in [0.2, 0.25) is 0 Å². The van der Waals surface area contributed by atoms with Crippen molar-refractivity contribution in [2.45, 2.75) is 44.9 Å². The number of hydrogen-bond donors (Lipinski definition) is 1. The van der Waals surface area contributed by atoms with Crippen molar-refractivity contribution in [2.24, 2.45) is 0 Å². The zero-order valence-electron chi connectivity index (χ0n) is 20.9. The van der Waals surface area contributed by atoms with Crippen LogP contribution < -0.4 is 5.32 Å². The molecule has 0 radical (unpaired) electrons. The third kappa shape index (κ3) is 4.64. The summed E-state index contributed by atoms with van der Waals surface area (Å²) in [4.78, 5) is 4.24. The van der Waals surface area contributed by atoms with Gasteiger partial charge < -0.3 is 5.32 Å². The van der Waals surface area contributed by atoms with Crippen LogP contribution >= 0.6 is 0 Å². The second kappa shape index (κ2) is 9.99. The Balaban J connectivity index is 0.000000223. The zero-order chi connectivity index (χ0) is 24.3. The van der Waals surface area contributed by atoms with Gasteiger partial charge >= 0.3 is 0 Å². The average Bonchev–Trinajstić information content (AvgIpc) is 3.30. The summed E-state index contributed by atoms with van der Waals surface area (Å²) >= 11 is 0. The first-order valence-corrected chi connectivity index (χ1v) is 13.1. The van der Waals surface area contributed by atoms with Crippen LogP contribution in [0.15, 0.2) is 103 Å². The standard InChI is InChI=1S/C26H23N.C8H9N/c1-18-8-12-23-21(10-9-19-5-4-14-27-17-19)16-26-22-7-3-2-6-20(22)11-13-24(26)25(23)15-18;1-3-8-4-2-7(1)5-6-9-8/h2,4-6,8-15,17,21H,3,7,16H2,1H3;1,3,5-6,9H,2,4H2/b10-9+;. The van der Waals surface area contributed by atoms with Crippen molar-refractivity contribution >= 4 is 12.2 Å². The van der Waals surface area contributed by atoms with Gasteiger partial charge in [-0.1, -0.05) is 72.3 Å². The number of allylic oxidation sites excluding steroid dienone is 7. The monoisotopic (exact) mass is 468 g/mol. The molecule has 5 aliphatic rings. The van der Waals surface area contributed by atoms with Gasteiger partial charge in [-0.05, 0) is 102 Å². The van der Waals surface area contributed by atoms with E-state index in [0.29, 0.717) is 5.92 Å². The maximum atomic E-state index is 4.24. The maximum absolute atomic E-state index is 4.24. The van der Waals surface area contributed by atoms with E-state index in [9.17, 15) is 0 Å². The number of fused-ring (bicyclic) bond motifs is 8. The molecule has 3 aromatic rings. The highest BCUT2D eigenvalue weighted by Gasteiger charge is 2.26. The molecule has 0 spiro atoms. The summed E-state index contributed by atoms with van der Waals surface area (Å²) in [6.45, 7) is 2.19. The van der Waals surface area contributed by atoms with Gasteiger partial charge in [0.1, 0.15) is 0 Å². The van der Waals surface area contributed by atoms with Crippen molar-refractivity contribution in [2.75, 3.05) is 0 Å². The van der Waals surface area contributed by atoms with E-state index in [-0.39, 0.29) is 0 Å². The molecule has 178 valence electrons. The molecule has 2 bridgehead atoms. The van der Waals surface area contributed by atoms with E-state index in [1.165, 1.54) is 51.9 Å². The first-order chi connectivity index (χ1) is 17.7.